The molecule has 0 saturated heterocycles. The topological polar surface area (TPSA) is 101 Å². The minimum Gasteiger partial charge on any atom is -0.481 e. The summed E-state index contributed by atoms with van der Waals surface area (Å²) < 4.78 is 5.18. The van der Waals surface area contributed by atoms with Gasteiger partial charge in [-0.25, -0.2) is 0 Å². The van der Waals surface area contributed by atoms with Crippen molar-refractivity contribution in [1.82, 2.24) is 0 Å². The summed E-state index contributed by atoms with van der Waals surface area (Å²) in [7, 11) is 0. The molecule has 0 amide bonds. The molecule has 2 aromatic carbocycles. The van der Waals surface area contributed by atoms with E-state index in [9.17, 15) is 14.4 Å². The molecule has 3 rings (SSSR count). The van der Waals surface area contributed by atoms with Crippen molar-refractivity contribution in [3.05, 3.63) is 66.2 Å². The Labute approximate surface area is 176 Å². The third-order valence-corrected chi connectivity index (χ3v) is 6.16. The Kier molecular flexibility index (Phi) is 7.38. The first kappa shape index (κ1) is 23.1. The lowest BCUT2D eigenvalue weighted by atomic mass is 9.66. The normalized spacial score (nSPS) is 21.8. The van der Waals surface area contributed by atoms with Gasteiger partial charge in [0.15, 0.2) is 0 Å². The lowest BCUT2D eigenvalue weighted by Crippen LogP contribution is -2.42. The number of carbonyl (C=O) groups is 3. The van der Waals surface area contributed by atoms with Gasteiger partial charge in [0.1, 0.15) is 5.75 Å². The van der Waals surface area contributed by atoms with Gasteiger partial charge in [-0.2, -0.15) is 0 Å². The molecule has 0 heterocycles. The second-order valence-electron chi connectivity index (χ2n) is 8.24. The summed E-state index contributed by atoms with van der Waals surface area (Å²) in [4.78, 5) is 33.6. The third-order valence-electron chi connectivity index (χ3n) is 6.16. The van der Waals surface area contributed by atoms with Crippen LogP contribution < -0.4 is 4.74 Å². The van der Waals surface area contributed by atoms with Gasteiger partial charge in [-0.15, -0.1) is 0 Å². The molecule has 1 saturated carbocycles. The molecule has 0 spiro atoms. The standard InChI is InChI=1S/C14H12O2.C10H16O4/c15-14(11-12-7-3-1-4-8-12)16-13-9-5-2-6-10-13;1-9(2)6(7(11)12)4-5-10(9,3)8(13)14/h1-10H,11H2;6H,4-5H2,1-3H3,(H,11,12)(H,13,14). The predicted octanol–water partition coefficient (Wildman–Crippen LogP) is 4.43. The van der Waals surface area contributed by atoms with Crippen LogP contribution in [0.25, 0.3) is 0 Å². The van der Waals surface area contributed by atoms with Gasteiger partial charge in [0.05, 0.1) is 17.8 Å². The number of carboxylic acid groups (broad SMARTS) is 2. The summed E-state index contributed by atoms with van der Waals surface area (Å²) in [5, 5.41) is 18.1. The molecule has 0 aromatic heterocycles. The maximum absolute atomic E-state index is 11.6. The predicted molar refractivity (Wildman–Crippen MR) is 112 cm³/mol. The number of hydrogen-bond acceptors (Lipinski definition) is 4. The monoisotopic (exact) mass is 412 g/mol. The van der Waals surface area contributed by atoms with Crippen LogP contribution in [0, 0.1) is 16.7 Å². The summed E-state index contributed by atoms with van der Waals surface area (Å²) in [5.41, 5.74) is -0.649. The van der Waals surface area contributed by atoms with Crippen LogP contribution in [-0.2, 0) is 20.8 Å². The fourth-order valence-corrected chi connectivity index (χ4v) is 3.73. The summed E-state index contributed by atoms with van der Waals surface area (Å²) in [6.07, 6.45) is 1.19. The van der Waals surface area contributed by atoms with Crippen molar-refractivity contribution >= 4 is 17.9 Å². The van der Waals surface area contributed by atoms with E-state index in [4.69, 9.17) is 14.9 Å². The molecule has 0 bridgehead atoms. The molecule has 160 valence electrons. The van der Waals surface area contributed by atoms with Crippen LogP contribution in [0.4, 0.5) is 0 Å². The summed E-state index contributed by atoms with van der Waals surface area (Å²) >= 11 is 0. The molecular weight excluding hydrogens is 384 g/mol. The second-order valence-corrected chi connectivity index (χ2v) is 8.24. The van der Waals surface area contributed by atoms with Crippen LogP contribution >= 0.6 is 0 Å². The zero-order valence-corrected chi connectivity index (χ0v) is 17.5. The molecule has 0 radical (unpaired) electrons. The second kappa shape index (κ2) is 9.57. The van der Waals surface area contributed by atoms with Gasteiger partial charge in [0.25, 0.3) is 0 Å². The van der Waals surface area contributed by atoms with Crippen molar-refractivity contribution in [2.24, 2.45) is 16.7 Å². The molecule has 1 fully saturated rings. The highest BCUT2D eigenvalue weighted by atomic mass is 16.5. The minimum atomic E-state index is -0.921. The Bertz CT molecular complexity index is 832. The molecule has 2 aromatic rings. The van der Waals surface area contributed by atoms with Crippen molar-refractivity contribution in [1.29, 1.82) is 0 Å². The first-order chi connectivity index (χ1) is 14.1. The summed E-state index contributed by atoms with van der Waals surface area (Å²) in [5.74, 6) is -1.99. The fraction of sp³-hybridized carbons (Fsp3) is 0.375. The van der Waals surface area contributed by atoms with Crippen LogP contribution in [0.2, 0.25) is 0 Å². The Morgan fingerprint density at radius 2 is 1.47 bits per heavy atom. The molecule has 2 unspecified atom stereocenters. The average Bonchev–Trinajstić information content (AvgIpc) is 2.94. The van der Waals surface area contributed by atoms with Crippen LogP contribution in [-0.4, -0.2) is 28.1 Å². The SMILES string of the molecule is CC1(C(=O)O)CCC(C(=O)O)C1(C)C.O=C(Cc1ccccc1)Oc1ccccc1. The zero-order chi connectivity index (χ0) is 22.4. The highest BCUT2D eigenvalue weighted by molar-refractivity contribution is 5.80. The maximum atomic E-state index is 11.6. The fourth-order valence-electron chi connectivity index (χ4n) is 3.73. The highest BCUT2D eigenvalue weighted by Crippen LogP contribution is 2.56. The van der Waals surface area contributed by atoms with E-state index in [0.717, 1.165) is 5.56 Å². The average molecular weight is 412 g/mol. The van der Waals surface area contributed by atoms with Crippen molar-refractivity contribution in [3.8, 4) is 5.75 Å². The minimum absolute atomic E-state index is 0.239. The number of aliphatic carboxylic acids is 2. The summed E-state index contributed by atoms with van der Waals surface area (Å²) in [6.45, 7) is 5.10. The summed E-state index contributed by atoms with van der Waals surface area (Å²) in [6, 6.07) is 18.7. The molecule has 1 aliphatic carbocycles. The molecule has 1 aliphatic rings. The van der Waals surface area contributed by atoms with E-state index in [1.807, 2.05) is 48.5 Å². The maximum Gasteiger partial charge on any atom is 0.315 e. The van der Waals surface area contributed by atoms with Gasteiger partial charge in [0, 0.05) is 0 Å². The van der Waals surface area contributed by atoms with E-state index in [1.54, 1.807) is 32.9 Å². The Balaban J connectivity index is 0.000000216. The van der Waals surface area contributed by atoms with Crippen LogP contribution in [0.3, 0.4) is 0 Å². The third kappa shape index (κ3) is 5.26. The number of rotatable bonds is 5. The highest BCUT2D eigenvalue weighted by Gasteiger charge is 2.58. The largest absolute Gasteiger partial charge is 0.481 e. The number of ether oxygens (including phenoxy) is 1. The first-order valence-corrected chi connectivity index (χ1v) is 9.84. The zero-order valence-electron chi connectivity index (χ0n) is 17.5. The number of carboxylic acids is 2. The molecular formula is C24H28O6. The van der Waals surface area contributed by atoms with E-state index in [1.165, 1.54) is 0 Å². The van der Waals surface area contributed by atoms with Gasteiger partial charge >= 0.3 is 17.9 Å². The Morgan fingerprint density at radius 1 is 0.933 bits per heavy atom. The van der Waals surface area contributed by atoms with E-state index in [2.05, 4.69) is 0 Å². The van der Waals surface area contributed by atoms with Crippen molar-refractivity contribution in [2.75, 3.05) is 0 Å². The van der Waals surface area contributed by atoms with E-state index in [-0.39, 0.29) is 5.97 Å². The Hall–Kier alpha value is -3.15. The van der Waals surface area contributed by atoms with Gasteiger partial charge in [0.2, 0.25) is 0 Å². The van der Waals surface area contributed by atoms with Crippen molar-refractivity contribution in [3.63, 3.8) is 0 Å². The number of carbonyl (C=O) groups excluding carboxylic acids is 1. The molecule has 2 N–H and O–H groups in total. The van der Waals surface area contributed by atoms with Gasteiger partial charge < -0.3 is 14.9 Å². The van der Waals surface area contributed by atoms with Gasteiger partial charge in [-0.3, -0.25) is 14.4 Å². The molecule has 2 atom stereocenters. The number of hydrogen-bond donors (Lipinski definition) is 2. The quantitative estimate of drug-likeness (QED) is 0.556. The van der Waals surface area contributed by atoms with E-state index >= 15 is 0 Å². The Morgan fingerprint density at radius 3 is 1.90 bits per heavy atom. The van der Waals surface area contributed by atoms with Crippen molar-refractivity contribution < 1.29 is 29.3 Å². The molecule has 6 heteroatoms. The van der Waals surface area contributed by atoms with Crippen LogP contribution in [0.15, 0.2) is 60.7 Å². The smallest absolute Gasteiger partial charge is 0.315 e. The molecule has 30 heavy (non-hydrogen) atoms. The lowest BCUT2D eigenvalue weighted by molar-refractivity contribution is -0.157. The van der Waals surface area contributed by atoms with E-state index in [0.29, 0.717) is 25.0 Å². The van der Waals surface area contributed by atoms with Crippen LogP contribution in [0.5, 0.6) is 5.75 Å². The first-order valence-electron chi connectivity index (χ1n) is 9.84. The lowest BCUT2D eigenvalue weighted by Gasteiger charge is -2.36. The molecule has 6 nitrogen and oxygen atoms in total. The number of benzene rings is 2. The molecule has 0 aliphatic heterocycles. The number of esters is 1. The van der Waals surface area contributed by atoms with Gasteiger partial charge in [-0.05, 0) is 42.9 Å². The van der Waals surface area contributed by atoms with Gasteiger partial charge in [-0.1, -0.05) is 62.4 Å². The van der Waals surface area contributed by atoms with E-state index < -0.39 is 28.7 Å². The number of para-hydroxylation sites is 1. The van der Waals surface area contributed by atoms with Crippen molar-refractivity contribution in [2.45, 2.75) is 40.0 Å². The van der Waals surface area contributed by atoms with Crippen LogP contribution in [0.1, 0.15) is 39.2 Å².